The molecule has 1 aromatic heterocycles. The molecule has 30 heavy (non-hydrogen) atoms. The molecule has 1 amide bonds. The van der Waals surface area contributed by atoms with Gasteiger partial charge in [-0.15, -0.1) is 10.2 Å². The molecule has 8 nitrogen and oxygen atoms in total. The second-order valence-corrected chi connectivity index (χ2v) is 9.22. The number of esters is 1. The van der Waals surface area contributed by atoms with Crippen molar-refractivity contribution < 1.29 is 19.4 Å². The van der Waals surface area contributed by atoms with Crippen molar-refractivity contribution in [3.05, 3.63) is 34.2 Å². The lowest BCUT2D eigenvalue weighted by molar-refractivity contribution is -0.135. The Morgan fingerprint density at radius 2 is 2.13 bits per heavy atom. The Kier molecular flexibility index (Phi) is 4.80. The summed E-state index contributed by atoms with van der Waals surface area (Å²) in [5.74, 6) is -0.833. The highest BCUT2D eigenvalue weighted by atomic mass is 32.2. The van der Waals surface area contributed by atoms with E-state index < -0.39 is 11.9 Å². The molecule has 0 saturated carbocycles. The highest BCUT2D eigenvalue weighted by Crippen LogP contribution is 2.51. The topological polar surface area (TPSA) is 106 Å². The summed E-state index contributed by atoms with van der Waals surface area (Å²) in [5.41, 5.74) is 3.26. The second-order valence-electron chi connectivity index (χ2n) is 8.21. The van der Waals surface area contributed by atoms with Gasteiger partial charge in [-0.05, 0) is 56.5 Å². The SMILES string of the molecule is COC(=O)/C=C1\SC(N=Nc2c(O)n3c4c(cc(C)cc24)C(C)CC3(C)C)=NC1=O. The van der Waals surface area contributed by atoms with E-state index >= 15 is 0 Å². The van der Waals surface area contributed by atoms with Crippen LogP contribution >= 0.6 is 11.8 Å². The summed E-state index contributed by atoms with van der Waals surface area (Å²) in [6.07, 6.45) is 1.96. The van der Waals surface area contributed by atoms with E-state index in [0.29, 0.717) is 11.6 Å². The van der Waals surface area contributed by atoms with Gasteiger partial charge in [0.25, 0.3) is 5.91 Å². The lowest BCUT2D eigenvalue weighted by atomic mass is 9.82. The molecule has 2 aliphatic rings. The molecule has 2 aromatic rings. The van der Waals surface area contributed by atoms with Crippen molar-refractivity contribution in [2.45, 2.75) is 45.6 Å². The number of aryl methyl sites for hydroxylation is 1. The number of rotatable bonds is 2. The smallest absolute Gasteiger partial charge is 0.331 e. The minimum Gasteiger partial charge on any atom is -0.493 e. The van der Waals surface area contributed by atoms with Crippen LogP contribution in [0.3, 0.4) is 0 Å². The van der Waals surface area contributed by atoms with Crippen molar-refractivity contribution in [3.63, 3.8) is 0 Å². The van der Waals surface area contributed by atoms with E-state index in [9.17, 15) is 14.7 Å². The number of amides is 1. The molecule has 0 saturated heterocycles. The van der Waals surface area contributed by atoms with Gasteiger partial charge in [0.15, 0.2) is 5.69 Å². The van der Waals surface area contributed by atoms with E-state index in [2.05, 4.69) is 46.8 Å². The predicted octanol–water partition coefficient (Wildman–Crippen LogP) is 4.67. The van der Waals surface area contributed by atoms with Gasteiger partial charge in [-0.2, -0.15) is 4.99 Å². The first-order chi connectivity index (χ1) is 14.1. The number of aromatic nitrogens is 1. The van der Waals surface area contributed by atoms with Crippen LogP contribution in [0.25, 0.3) is 10.9 Å². The number of aliphatic imine (C=N–C) groups is 1. The Hall–Kier alpha value is -2.94. The molecule has 0 radical (unpaired) electrons. The molecular weight excluding hydrogens is 404 g/mol. The number of aromatic hydroxyl groups is 1. The number of carbonyl (C=O) groups excluding carboxylic acids is 2. The predicted molar refractivity (Wildman–Crippen MR) is 115 cm³/mol. The zero-order valence-electron chi connectivity index (χ0n) is 17.4. The van der Waals surface area contributed by atoms with Gasteiger partial charge in [-0.3, -0.25) is 4.79 Å². The fraction of sp³-hybridized carbons (Fsp3) is 0.381. The first-order valence-corrected chi connectivity index (χ1v) is 10.3. The average molecular weight is 426 g/mol. The number of hydrogen-bond acceptors (Lipinski definition) is 7. The first kappa shape index (κ1) is 20.3. The van der Waals surface area contributed by atoms with Gasteiger partial charge in [0, 0.05) is 17.0 Å². The minimum absolute atomic E-state index is 0.0396. The van der Waals surface area contributed by atoms with E-state index in [4.69, 9.17) is 0 Å². The largest absolute Gasteiger partial charge is 0.493 e. The van der Waals surface area contributed by atoms with Crippen molar-refractivity contribution >= 4 is 45.4 Å². The summed E-state index contributed by atoms with van der Waals surface area (Å²) in [4.78, 5) is 27.3. The van der Waals surface area contributed by atoms with Crippen LogP contribution in [0.1, 0.15) is 44.2 Å². The van der Waals surface area contributed by atoms with Crippen molar-refractivity contribution in [2.24, 2.45) is 15.2 Å². The van der Waals surface area contributed by atoms with E-state index in [1.165, 1.54) is 12.7 Å². The lowest BCUT2D eigenvalue weighted by Crippen LogP contribution is -2.31. The van der Waals surface area contributed by atoms with Gasteiger partial charge < -0.3 is 14.4 Å². The molecule has 0 aliphatic carbocycles. The zero-order valence-corrected chi connectivity index (χ0v) is 18.2. The van der Waals surface area contributed by atoms with Crippen LogP contribution in [-0.4, -0.2) is 33.8 Å². The van der Waals surface area contributed by atoms with E-state index in [1.807, 2.05) is 17.6 Å². The highest BCUT2D eigenvalue weighted by molar-refractivity contribution is 8.18. The Balaban J connectivity index is 1.79. The number of carbonyl (C=O) groups is 2. The number of thioether (sulfide) groups is 1. The Morgan fingerprint density at radius 1 is 1.40 bits per heavy atom. The summed E-state index contributed by atoms with van der Waals surface area (Å²) in [6.45, 7) is 8.38. The first-order valence-electron chi connectivity index (χ1n) is 9.53. The maximum Gasteiger partial charge on any atom is 0.331 e. The van der Waals surface area contributed by atoms with Crippen LogP contribution in [0.2, 0.25) is 0 Å². The molecule has 0 spiro atoms. The summed E-state index contributed by atoms with van der Waals surface area (Å²) in [7, 11) is 1.23. The van der Waals surface area contributed by atoms with Crippen LogP contribution in [0.15, 0.2) is 38.3 Å². The van der Waals surface area contributed by atoms with E-state index in [0.717, 1.165) is 40.7 Å². The fourth-order valence-corrected chi connectivity index (χ4v) is 4.98. The molecule has 9 heteroatoms. The third-order valence-corrected chi connectivity index (χ3v) is 6.29. The Bertz CT molecular complexity index is 1190. The monoisotopic (exact) mass is 426 g/mol. The number of nitrogens with zero attached hydrogens (tertiary/aromatic N) is 4. The van der Waals surface area contributed by atoms with Gasteiger partial charge in [0.05, 0.1) is 17.5 Å². The molecule has 1 aromatic carbocycles. The quantitative estimate of drug-likeness (QED) is 0.427. The molecule has 156 valence electrons. The van der Waals surface area contributed by atoms with E-state index in [1.54, 1.807) is 0 Å². The molecule has 0 bridgehead atoms. The maximum absolute atomic E-state index is 12.0. The Morgan fingerprint density at radius 3 is 2.83 bits per heavy atom. The van der Waals surface area contributed by atoms with Crippen LogP contribution in [0, 0.1) is 6.92 Å². The number of methoxy groups -OCH3 is 1. The summed E-state index contributed by atoms with van der Waals surface area (Å²) in [5, 5.41) is 20.3. The zero-order chi connectivity index (χ0) is 21.8. The van der Waals surface area contributed by atoms with Crippen molar-refractivity contribution in [2.75, 3.05) is 7.11 Å². The normalized spacial score (nSPS) is 21.6. The molecule has 4 rings (SSSR count). The lowest BCUT2D eigenvalue weighted by Gasteiger charge is -2.37. The highest BCUT2D eigenvalue weighted by Gasteiger charge is 2.36. The number of amidine groups is 1. The fourth-order valence-electron chi connectivity index (χ4n) is 4.28. The van der Waals surface area contributed by atoms with Crippen molar-refractivity contribution in [1.29, 1.82) is 0 Å². The third-order valence-electron chi connectivity index (χ3n) is 5.42. The summed E-state index contributed by atoms with van der Waals surface area (Å²) in [6, 6.07) is 4.13. The molecule has 2 aliphatic heterocycles. The van der Waals surface area contributed by atoms with E-state index in [-0.39, 0.29) is 21.5 Å². The number of hydrogen-bond donors (Lipinski definition) is 1. The van der Waals surface area contributed by atoms with Gasteiger partial charge in [0.2, 0.25) is 11.0 Å². The van der Waals surface area contributed by atoms with Crippen LogP contribution in [-0.2, 0) is 19.9 Å². The number of ether oxygens (including phenoxy) is 1. The van der Waals surface area contributed by atoms with Crippen molar-refractivity contribution in [3.8, 4) is 5.88 Å². The number of benzene rings is 1. The summed E-state index contributed by atoms with van der Waals surface area (Å²) >= 11 is 0.936. The molecule has 3 heterocycles. The molecule has 1 unspecified atom stereocenters. The average Bonchev–Trinajstić information content (AvgIpc) is 3.15. The maximum atomic E-state index is 12.0. The molecule has 1 N–H and O–H groups in total. The van der Waals surface area contributed by atoms with Gasteiger partial charge in [0.1, 0.15) is 0 Å². The molecule has 1 atom stereocenters. The minimum atomic E-state index is -0.641. The van der Waals surface area contributed by atoms with Crippen LogP contribution in [0.4, 0.5) is 5.69 Å². The Labute approximate surface area is 177 Å². The standard InChI is InChI=1S/C21H22N4O4S/c1-10-6-12-11(2)9-21(3,4)25-17(12)13(7-10)16(19(25)28)23-24-20-22-18(27)14(30-20)8-15(26)29-5/h6-8,11,28H,9H2,1-5H3/b14-8-,24-23?. The number of azo groups is 1. The van der Waals surface area contributed by atoms with Crippen LogP contribution < -0.4 is 0 Å². The van der Waals surface area contributed by atoms with Gasteiger partial charge in [-0.1, -0.05) is 18.6 Å². The third kappa shape index (κ3) is 3.23. The molecule has 0 fully saturated rings. The molecular formula is C21H22N4O4S. The summed E-state index contributed by atoms with van der Waals surface area (Å²) < 4.78 is 6.46. The van der Waals surface area contributed by atoms with Crippen LogP contribution in [0.5, 0.6) is 5.88 Å². The van der Waals surface area contributed by atoms with Gasteiger partial charge >= 0.3 is 5.97 Å². The van der Waals surface area contributed by atoms with Crippen molar-refractivity contribution in [1.82, 2.24) is 4.57 Å². The second kappa shape index (κ2) is 7.09. The van der Waals surface area contributed by atoms with Gasteiger partial charge in [-0.25, -0.2) is 4.79 Å².